The largest absolute Gasteiger partial charge is 0.339 e. The van der Waals surface area contributed by atoms with Gasteiger partial charge in [-0.05, 0) is 25.9 Å². The lowest BCUT2D eigenvalue weighted by atomic mass is 9.81. The van der Waals surface area contributed by atoms with E-state index in [1.54, 1.807) is 0 Å². The topological polar surface area (TPSA) is 51.0 Å². The van der Waals surface area contributed by atoms with Gasteiger partial charge in [-0.2, -0.15) is 4.98 Å². The van der Waals surface area contributed by atoms with Crippen LogP contribution in [-0.4, -0.2) is 28.0 Å². The van der Waals surface area contributed by atoms with Crippen LogP contribution >= 0.6 is 11.8 Å². The molecule has 0 aromatic carbocycles. The molecule has 1 aliphatic rings. The summed E-state index contributed by atoms with van der Waals surface area (Å²) in [5.41, 5.74) is 0.0584. The van der Waals surface area contributed by atoms with E-state index in [2.05, 4.69) is 43.2 Å². The average molecular weight is 269 g/mol. The molecule has 1 aromatic rings. The predicted octanol–water partition coefficient (Wildman–Crippen LogP) is 2.74. The Morgan fingerprint density at radius 2 is 2.00 bits per heavy atom. The van der Waals surface area contributed by atoms with Crippen LogP contribution in [0.4, 0.5) is 0 Å². The zero-order valence-electron chi connectivity index (χ0n) is 11.7. The first kappa shape index (κ1) is 13.9. The highest BCUT2D eigenvalue weighted by atomic mass is 32.2. The third kappa shape index (κ3) is 3.48. The number of thioether (sulfide) groups is 1. The number of aromatic nitrogens is 2. The molecule has 0 spiro atoms. The zero-order chi connectivity index (χ0) is 13.2. The summed E-state index contributed by atoms with van der Waals surface area (Å²) in [5, 5.41) is 7.48. The van der Waals surface area contributed by atoms with Crippen molar-refractivity contribution in [3.8, 4) is 0 Å². The second-order valence-corrected chi connectivity index (χ2v) is 8.03. The second-order valence-electron chi connectivity index (χ2n) is 6.23. The standard InChI is InChI=1S/C13H23N3OS/c1-12(2,3)18-9-10-15-11(17-16-10)13(4)5-7-14-8-6-13/h14H,5-9H2,1-4H3. The lowest BCUT2D eigenvalue weighted by molar-refractivity contribution is 0.240. The number of piperidine rings is 1. The summed E-state index contributed by atoms with van der Waals surface area (Å²) in [6.07, 6.45) is 2.14. The fourth-order valence-corrected chi connectivity index (χ4v) is 2.71. The van der Waals surface area contributed by atoms with E-state index >= 15 is 0 Å². The van der Waals surface area contributed by atoms with Crippen LogP contribution < -0.4 is 5.32 Å². The van der Waals surface area contributed by atoms with Crippen molar-refractivity contribution >= 4 is 11.8 Å². The molecule has 1 aromatic heterocycles. The molecule has 0 aliphatic carbocycles. The molecule has 102 valence electrons. The minimum absolute atomic E-state index is 0.0584. The Morgan fingerprint density at radius 3 is 2.61 bits per heavy atom. The molecule has 0 atom stereocenters. The van der Waals surface area contributed by atoms with E-state index < -0.39 is 0 Å². The van der Waals surface area contributed by atoms with Crippen LogP contribution in [0.3, 0.4) is 0 Å². The van der Waals surface area contributed by atoms with Gasteiger partial charge in [-0.1, -0.05) is 32.9 Å². The number of hydrogen-bond acceptors (Lipinski definition) is 5. The van der Waals surface area contributed by atoms with Gasteiger partial charge < -0.3 is 9.84 Å². The van der Waals surface area contributed by atoms with Gasteiger partial charge in [0.15, 0.2) is 5.82 Å². The Bertz CT molecular complexity index is 391. The molecule has 0 saturated carbocycles. The third-order valence-corrected chi connectivity index (χ3v) is 4.59. The summed E-state index contributed by atoms with van der Waals surface area (Å²) in [5.74, 6) is 2.46. The minimum atomic E-state index is 0.0584. The monoisotopic (exact) mass is 269 g/mol. The van der Waals surface area contributed by atoms with Gasteiger partial charge in [0.2, 0.25) is 5.89 Å². The van der Waals surface area contributed by atoms with Crippen molar-refractivity contribution in [2.45, 2.75) is 56.5 Å². The van der Waals surface area contributed by atoms with Gasteiger partial charge in [0.05, 0.1) is 5.75 Å². The molecule has 2 heterocycles. The van der Waals surface area contributed by atoms with Crippen molar-refractivity contribution in [1.29, 1.82) is 0 Å². The summed E-state index contributed by atoms with van der Waals surface area (Å²) in [4.78, 5) is 4.58. The van der Waals surface area contributed by atoms with E-state index in [9.17, 15) is 0 Å². The Morgan fingerprint density at radius 1 is 1.33 bits per heavy atom. The highest BCUT2D eigenvalue weighted by molar-refractivity contribution is 7.99. The van der Waals surface area contributed by atoms with Crippen molar-refractivity contribution in [2.24, 2.45) is 0 Å². The maximum Gasteiger partial charge on any atom is 0.232 e. The maximum absolute atomic E-state index is 5.47. The average Bonchev–Trinajstić information content (AvgIpc) is 2.76. The molecule has 0 bridgehead atoms. The van der Waals surface area contributed by atoms with Gasteiger partial charge >= 0.3 is 0 Å². The van der Waals surface area contributed by atoms with Crippen LogP contribution in [0.15, 0.2) is 4.52 Å². The minimum Gasteiger partial charge on any atom is -0.339 e. The molecule has 1 saturated heterocycles. The second kappa shape index (κ2) is 5.21. The van der Waals surface area contributed by atoms with Crippen molar-refractivity contribution < 1.29 is 4.52 Å². The SMILES string of the molecule is CC(C)(C)SCc1noc(C2(C)CCNCC2)n1. The van der Waals surface area contributed by atoms with E-state index in [1.165, 1.54) is 0 Å². The van der Waals surface area contributed by atoms with Crippen LogP contribution in [0, 0.1) is 0 Å². The molecule has 18 heavy (non-hydrogen) atoms. The Hall–Kier alpha value is -0.550. The van der Waals surface area contributed by atoms with Gasteiger partial charge in [-0.25, -0.2) is 0 Å². The van der Waals surface area contributed by atoms with Crippen LogP contribution in [0.1, 0.15) is 52.3 Å². The molecular formula is C13H23N3OS. The number of nitrogens with zero attached hydrogens (tertiary/aromatic N) is 2. The van der Waals surface area contributed by atoms with E-state index in [1.807, 2.05) is 11.8 Å². The van der Waals surface area contributed by atoms with Crippen LogP contribution in [0.5, 0.6) is 0 Å². The van der Waals surface area contributed by atoms with Gasteiger partial charge in [0, 0.05) is 10.2 Å². The molecule has 1 fully saturated rings. The summed E-state index contributed by atoms with van der Waals surface area (Å²) in [6.45, 7) is 10.9. The van der Waals surface area contributed by atoms with Crippen LogP contribution in [0.2, 0.25) is 0 Å². The van der Waals surface area contributed by atoms with Gasteiger partial charge in [-0.15, -0.1) is 11.8 Å². The Labute approximate surface area is 113 Å². The lowest BCUT2D eigenvalue weighted by Crippen LogP contribution is -2.37. The van der Waals surface area contributed by atoms with Crippen molar-refractivity contribution in [1.82, 2.24) is 15.5 Å². The molecule has 0 unspecified atom stereocenters. The van der Waals surface area contributed by atoms with E-state index in [4.69, 9.17) is 4.52 Å². The number of nitrogens with one attached hydrogen (secondary N) is 1. The Balaban J connectivity index is 2.01. The number of hydrogen-bond donors (Lipinski definition) is 1. The molecule has 2 rings (SSSR count). The fraction of sp³-hybridized carbons (Fsp3) is 0.846. The zero-order valence-corrected chi connectivity index (χ0v) is 12.6. The molecular weight excluding hydrogens is 246 g/mol. The normalized spacial score (nSPS) is 20.0. The van der Waals surface area contributed by atoms with Gasteiger partial charge in [-0.3, -0.25) is 0 Å². The molecule has 1 N–H and O–H groups in total. The van der Waals surface area contributed by atoms with E-state index in [0.717, 1.165) is 43.4 Å². The molecule has 4 nitrogen and oxygen atoms in total. The van der Waals surface area contributed by atoms with Crippen LogP contribution in [-0.2, 0) is 11.2 Å². The highest BCUT2D eigenvalue weighted by Gasteiger charge is 2.34. The summed E-state index contributed by atoms with van der Waals surface area (Å²) < 4.78 is 5.71. The molecule has 1 aliphatic heterocycles. The molecule has 0 radical (unpaired) electrons. The maximum atomic E-state index is 5.47. The highest BCUT2D eigenvalue weighted by Crippen LogP contribution is 2.32. The lowest BCUT2D eigenvalue weighted by Gasteiger charge is -2.30. The first-order chi connectivity index (χ1) is 8.39. The van der Waals surface area contributed by atoms with Gasteiger partial charge in [0.25, 0.3) is 0 Å². The quantitative estimate of drug-likeness (QED) is 0.914. The smallest absolute Gasteiger partial charge is 0.232 e. The third-order valence-electron chi connectivity index (χ3n) is 3.33. The summed E-state index contributed by atoms with van der Waals surface area (Å²) in [7, 11) is 0. The van der Waals surface area contributed by atoms with Crippen molar-refractivity contribution in [3.63, 3.8) is 0 Å². The van der Waals surface area contributed by atoms with Crippen molar-refractivity contribution in [2.75, 3.05) is 13.1 Å². The molecule has 5 heteroatoms. The Kier molecular flexibility index (Phi) is 4.02. The first-order valence-corrected chi connectivity index (χ1v) is 7.55. The summed E-state index contributed by atoms with van der Waals surface area (Å²) in [6, 6.07) is 0. The summed E-state index contributed by atoms with van der Waals surface area (Å²) >= 11 is 1.85. The number of rotatable bonds is 3. The van der Waals surface area contributed by atoms with Gasteiger partial charge in [0.1, 0.15) is 0 Å². The van der Waals surface area contributed by atoms with Crippen LogP contribution in [0.25, 0.3) is 0 Å². The van der Waals surface area contributed by atoms with E-state index in [-0.39, 0.29) is 10.2 Å². The fourth-order valence-electron chi connectivity index (χ4n) is 2.03. The first-order valence-electron chi connectivity index (χ1n) is 6.57. The van der Waals surface area contributed by atoms with E-state index in [0.29, 0.717) is 0 Å². The predicted molar refractivity (Wildman–Crippen MR) is 74.8 cm³/mol. The molecule has 0 amide bonds. The van der Waals surface area contributed by atoms with Crippen molar-refractivity contribution in [3.05, 3.63) is 11.7 Å².